The topological polar surface area (TPSA) is 90.0 Å². The molecule has 1 aromatic rings. The largest absolute Gasteiger partial charge is 0.347 e. The summed E-state index contributed by atoms with van der Waals surface area (Å²) in [4.78, 5) is 0.259. The maximum atomic E-state index is 13.8. The van der Waals surface area contributed by atoms with Crippen LogP contribution in [-0.2, 0) is 29.3 Å². The summed E-state index contributed by atoms with van der Waals surface area (Å²) in [5.41, 5.74) is -1.05. The Morgan fingerprint density at radius 1 is 1.03 bits per heavy atom. The van der Waals surface area contributed by atoms with Gasteiger partial charge in [0.05, 0.1) is 29.1 Å². The Bertz CT molecular complexity index is 1110. The lowest BCUT2D eigenvalue weighted by molar-refractivity contribution is -0.242. The summed E-state index contributed by atoms with van der Waals surface area (Å²) >= 11 is 0. The van der Waals surface area contributed by atoms with Crippen LogP contribution in [0.2, 0.25) is 0 Å². The Balaban J connectivity index is 1.65. The van der Waals surface area contributed by atoms with Gasteiger partial charge < -0.3 is 9.47 Å². The molecule has 34 heavy (non-hydrogen) atoms. The van der Waals surface area contributed by atoms with E-state index < -0.39 is 37.2 Å². The highest BCUT2D eigenvalue weighted by molar-refractivity contribution is 7.91. The zero-order valence-electron chi connectivity index (χ0n) is 21.2. The van der Waals surface area contributed by atoms with Gasteiger partial charge in [-0.1, -0.05) is 32.0 Å². The van der Waals surface area contributed by atoms with Gasteiger partial charge in [0.2, 0.25) is 10.0 Å². The van der Waals surface area contributed by atoms with Crippen LogP contribution in [0.5, 0.6) is 0 Å². The first-order valence-electron chi connectivity index (χ1n) is 12.3. The molecule has 7 nitrogen and oxygen atoms in total. The van der Waals surface area contributed by atoms with Crippen molar-refractivity contribution < 1.29 is 26.3 Å². The molecule has 0 amide bonds. The number of sulfonamides is 1. The number of benzene rings is 1. The van der Waals surface area contributed by atoms with Crippen LogP contribution in [0.25, 0.3) is 0 Å². The van der Waals surface area contributed by atoms with Crippen LogP contribution in [0.4, 0.5) is 0 Å². The fraction of sp³-hybridized carbons (Fsp3) is 0.760. The molecule has 1 aromatic carbocycles. The number of sulfone groups is 1. The van der Waals surface area contributed by atoms with Gasteiger partial charge in [-0.2, -0.15) is 4.31 Å². The van der Waals surface area contributed by atoms with Gasteiger partial charge in [-0.25, -0.2) is 16.8 Å². The van der Waals surface area contributed by atoms with Gasteiger partial charge in [0.1, 0.15) is 0 Å². The van der Waals surface area contributed by atoms with Crippen molar-refractivity contribution in [3.63, 3.8) is 0 Å². The highest BCUT2D eigenvalue weighted by Gasteiger charge is 2.76. The summed E-state index contributed by atoms with van der Waals surface area (Å²) < 4.78 is 68.0. The zero-order chi connectivity index (χ0) is 25.2. The first-order chi connectivity index (χ1) is 15.7. The molecule has 1 aliphatic heterocycles. The maximum Gasteiger partial charge on any atom is 0.215 e. The third-order valence-corrected chi connectivity index (χ3v) is 12.7. The lowest BCUT2D eigenvalue weighted by atomic mass is 9.68. The number of nitrogens with zero attached hydrogens (tertiary/aromatic N) is 1. The number of hydrogen-bond donors (Lipinski definition) is 0. The molecule has 192 valence electrons. The number of ether oxygens (including phenoxy) is 2. The average Bonchev–Trinajstić information content (AvgIpc) is 3.26. The Labute approximate surface area is 205 Å². The Kier molecular flexibility index (Phi) is 6.55. The first kappa shape index (κ1) is 26.1. The summed E-state index contributed by atoms with van der Waals surface area (Å²) in [6.07, 6.45) is 1.58. The highest BCUT2D eigenvalue weighted by atomic mass is 32.2. The fourth-order valence-corrected chi connectivity index (χ4v) is 11.2. The zero-order valence-corrected chi connectivity index (χ0v) is 22.8. The van der Waals surface area contributed by atoms with Crippen LogP contribution < -0.4 is 0 Å². The van der Waals surface area contributed by atoms with Crippen molar-refractivity contribution in [1.29, 1.82) is 0 Å². The van der Waals surface area contributed by atoms with Crippen LogP contribution in [0, 0.1) is 16.7 Å². The second-order valence-corrected chi connectivity index (χ2v) is 15.3. The quantitative estimate of drug-likeness (QED) is 0.525. The summed E-state index contributed by atoms with van der Waals surface area (Å²) in [5, 5.41) is 0. The van der Waals surface area contributed by atoms with Gasteiger partial charge in [-0.15, -0.1) is 0 Å². The summed E-state index contributed by atoms with van der Waals surface area (Å²) in [5.74, 6) is -1.06. The molecule has 0 aromatic heterocycles. The Morgan fingerprint density at radius 3 is 2.21 bits per heavy atom. The molecule has 2 aliphatic carbocycles. The highest BCUT2D eigenvalue weighted by Crippen LogP contribution is 2.72. The second-order valence-electron chi connectivity index (χ2n) is 11.4. The molecule has 3 aliphatic rings. The van der Waals surface area contributed by atoms with E-state index in [1.54, 1.807) is 34.6 Å². The molecule has 4 rings (SSSR count). The van der Waals surface area contributed by atoms with E-state index >= 15 is 0 Å². The van der Waals surface area contributed by atoms with Crippen LogP contribution in [-0.4, -0.2) is 63.2 Å². The van der Waals surface area contributed by atoms with Crippen LogP contribution in [0.3, 0.4) is 0 Å². The summed E-state index contributed by atoms with van der Waals surface area (Å²) in [6.45, 7) is 12.0. The van der Waals surface area contributed by atoms with Crippen molar-refractivity contribution in [2.24, 2.45) is 16.7 Å². The van der Waals surface area contributed by atoms with Gasteiger partial charge in [-0.05, 0) is 64.0 Å². The molecule has 1 heterocycles. The normalized spacial score (nSPS) is 33.1. The van der Waals surface area contributed by atoms with E-state index in [1.807, 2.05) is 27.7 Å². The summed E-state index contributed by atoms with van der Waals surface area (Å²) in [7, 11) is -7.18. The SMILES string of the molecule is CC(C)N(C(C)C)S(=O)(=O)C[C@]12CC[C@@H](CC13OCC(CS(=O)(=O)c1ccccc1)O3)C2(C)C. The van der Waals surface area contributed by atoms with Crippen LogP contribution in [0.15, 0.2) is 35.2 Å². The molecular formula is C25H39NO6S2. The molecule has 2 unspecified atom stereocenters. The molecule has 2 bridgehead atoms. The van der Waals surface area contributed by atoms with Gasteiger partial charge in [-0.3, -0.25) is 0 Å². The molecule has 3 fully saturated rings. The van der Waals surface area contributed by atoms with Gasteiger partial charge in [0.25, 0.3) is 0 Å². The second kappa shape index (κ2) is 8.54. The lowest BCUT2D eigenvalue weighted by Crippen LogP contribution is -2.57. The van der Waals surface area contributed by atoms with E-state index in [9.17, 15) is 16.8 Å². The Morgan fingerprint density at radius 2 is 1.65 bits per heavy atom. The fourth-order valence-electron chi connectivity index (χ4n) is 7.02. The monoisotopic (exact) mass is 513 g/mol. The first-order valence-corrected chi connectivity index (χ1v) is 15.5. The molecule has 0 radical (unpaired) electrons. The molecule has 0 N–H and O–H groups in total. The van der Waals surface area contributed by atoms with E-state index in [0.29, 0.717) is 12.8 Å². The minimum Gasteiger partial charge on any atom is -0.347 e. The van der Waals surface area contributed by atoms with Crippen molar-refractivity contribution in [1.82, 2.24) is 4.31 Å². The third kappa shape index (κ3) is 3.95. The predicted octanol–water partition coefficient (Wildman–Crippen LogP) is 3.85. The third-order valence-electron chi connectivity index (χ3n) is 8.55. The standard InChI is InChI=1S/C25H39NO6S2/c1-18(2)26(19(3)4)34(29,30)17-24-13-12-20(23(24,5)6)14-25(24)31-15-21(32-25)16-33(27,28)22-10-8-7-9-11-22/h7-11,18-21H,12-17H2,1-6H3/t20-,21?,24-,25?/m0/s1. The van der Waals surface area contributed by atoms with E-state index in [-0.39, 0.29) is 46.4 Å². The Hall–Kier alpha value is -1.00. The maximum absolute atomic E-state index is 13.8. The number of fused-ring (bicyclic) bond motifs is 3. The molecule has 9 heteroatoms. The lowest BCUT2D eigenvalue weighted by Gasteiger charge is -2.48. The van der Waals surface area contributed by atoms with Crippen molar-refractivity contribution in [2.45, 2.75) is 89.7 Å². The average molecular weight is 514 g/mol. The van der Waals surface area contributed by atoms with E-state index in [4.69, 9.17) is 9.47 Å². The van der Waals surface area contributed by atoms with E-state index in [0.717, 1.165) is 6.42 Å². The number of hydrogen-bond acceptors (Lipinski definition) is 6. The molecule has 4 atom stereocenters. The van der Waals surface area contributed by atoms with Crippen LogP contribution >= 0.6 is 0 Å². The van der Waals surface area contributed by atoms with Crippen molar-refractivity contribution in [3.8, 4) is 0 Å². The van der Waals surface area contributed by atoms with Gasteiger partial charge in [0.15, 0.2) is 15.6 Å². The molecule has 1 spiro atoms. The smallest absolute Gasteiger partial charge is 0.215 e. The molecular weight excluding hydrogens is 474 g/mol. The molecule has 1 saturated heterocycles. The predicted molar refractivity (Wildman–Crippen MR) is 132 cm³/mol. The van der Waals surface area contributed by atoms with Crippen molar-refractivity contribution in [3.05, 3.63) is 30.3 Å². The van der Waals surface area contributed by atoms with E-state index in [1.165, 1.54) is 0 Å². The minimum absolute atomic E-state index is 0.0575. The van der Waals surface area contributed by atoms with Crippen molar-refractivity contribution in [2.75, 3.05) is 18.1 Å². The summed E-state index contributed by atoms with van der Waals surface area (Å²) in [6, 6.07) is 8.04. The van der Waals surface area contributed by atoms with Crippen molar-refractivity contribution >= 4 is 19.9 Å². The van der Waals surface area contributed by atoms with Gasteiger partial charge >= 0.3 is 0 Å². The molecule has 2 saturated carbocycles. The number of rotatable bonds is 8. The van der Waals surface area contributed by atoms with E-state index in [2.05, 4.69) is 13.8 Å². The minimum atomic E-state index is -3.62. The van der Waals surface area contributed by atoms with Gasteiger partial charge in [0, 0.05) is 23.9 Å². The van der Waals surface area contributed by atoms with Crippen LogP contribution in [0.1, 0.15) is 60.8 Å².